The van der Waals surface area contributed by atoms with Crippen LogP contribution < -0.4 is 5.56 Å². The largest absolute Gasteiger partial charge is 0.481 e. The molecule has 1 fully saturated rings. The molecule has 1 unspecified atom stereocenters. The van der Waals surface area contributed by atoms with Crippen LogP contribution in [0.3, 0.4) is 0 Å². The van der Waals surface area contributed by atoms with Gasteiger partial charge < -0.3 is 10.0 Å². The van der Waals surface area contributed by atoms with Gasteiger partial charge in [-0.1, -0.05) is 0 Å². The van der Waals surface area contributed by atoms with Gasteiger partial charge in [0.1, 0.15) is 6.54 Å². The lowest BCUT2D eigenvalue weighted by molar-refractivity contribution is -0.145. The van der Waals surface area contributed by atoms with E-state index in [2.05, 4.69) is 5.10 Å². The Labute approximate surface area is 133 Å². The Morgan fingerprint density at radius 3 is 2.83 bits per heavy atom. The first-order chi connectivity index (χ1) is 11.0. The van der Waals surface area contributed by atoms with E-state index in [-0.39, 0.29) is 24.6 Å². The molecule has 1 amide bonds. The van der Waals surface area contributed by atoms with Crippen molar-refractivity contribution in [2.24, 2.45) is 5.92 Å². The molecule has 2 aliphatic rings. The Balaban J connectivity index is 1.72. The van der Waals surface area contributed by atoms with Crippen molar-refractivity contribution in [2.45, 2.75) is 45.1 Å². The average Bonchev–Trinajstić information content (AvgIpc) is 2.55. The van der Waals surface area contributed by atoms with Crippen LogP contribution in [0.5, 0.6) is 0 Å². The highest BCUT2D eigenvalue weighted by atomic mass is 16.4. The second-order valence-electron chi connectivity index (χ2n) is 6.34. The maximum absolute atomic E-state index is 12.4. The van der Waals surface area contributed by atoms with Crippen molar-refractivity contribution in [3.63, 3.8) is 0 Å². The topological polar surface area (TPSA) is 92.5 Å². The highest BCUT2D eigenvalue weighted by molar-refractivity contribution is 5.77. The van der Waals surface area contributed by atoms with Crippen LogP contribution in [0.2, 0.25) is 0 Å². The molecule has 23 heavy (non-hydrogen) atoms. The van der Waals surface area contributed by atoms with Gasteiger partial charge in [0.15, 0.2) is 0 Å². The Bertz CT molecular complexity index is 682. The number of carboxylic acids is 1. The molecule has 1 saturated heterocycles. The van der Waals surface area contributed by atoms with E-state index >= 15 is 0 Å². The summed E-state index contributed by atoms with van der Waals surface area (Å²) in [5.41, 5.74) is 1.64. The third-order valence-electron chi connectivity index (χ3n) is 4.68. The minimum Gasteiger partial charge on any atom is -0.481 e. The lowest BCUT2D eigenvalue weighted by Gasteiger charge is -2.30. The number of piperidine rings is 1. The normalized spacial score (nSPS) is 20.9. The van der Waals surface area contributed by atoms with E-state index in [1.54, 1.807) is 6.07 Å². The Morgan fingerprint density at radius 1 is 1.26 bits per heavy atom. The molecule has 1 N–H and O–H groups in total. The SMILES string of the molecule is O=C(O)C1CCCN(C(=O)Cn2nc3c(cc2=O)CCCC3)C1. The van der Waals surface area contributed by atoms with Gasteiger partial charge in [-0.05, 0) is 44.1 Å². The maximum Gasteiger partial charge on any atom is 0.308 e. The predicted octanol–water partition coefficient (Wildman–Crippen LogP) is 0.445. The summed E-state index contributed by atoms with van der Waals surface area (Å²) in [4.78, 5) is 37.1. The van der Waals surface area contributed by atoms with Crippen LogP contribution >= 0.6 is 0 Å². The Kier molecular flexibility index (Phi) is 4.45. The standard InChI is InChI=1S/C16H21N3O4/c20-14-8-11-4-1-2-6-13(11)17-19(14)10-15(21)18-7-3-5-12(9-18)16(22)23/h8,12H,1-7,9-10H2,(H,22,23). The second-order valence-corrected chi connectivity index (χ2v) is 6.34. The van der Waals surface area contributed by atoms with Crippen LogP contribution in [0, 0.1) is 5.92 Å². The fraction of sp³-hybridized carbons (Fsp3) is 0.625. The van der Waals surface area contributed by atoms with Crippen molar-refractivity contribution in [3.8, 4) is 0 Å². The van der Waals surface area contributed by atoms with Crippen molar-refractivity contribution < 1.29 is 14.7 Å². The lowest BCUT2D eigenvalue weighted by atomic mass is 9.97. The number of carboxylic acid groups (broad SMARTS) is 1. The molecule has 0 bridgehead atoms. The van der Waals surface area contributed by atoms with Gasteiger partial charge in [-0.3, -0.25) is 14.4 Å². The number of likely N-dealkylation sites (tertiary alicyclic amines) is 1. The number of fused-ring (bicyclic) bond motifs is 1. The molecule has 0 saturated carbocycles. The summed E-state index contributed by atoms with van der Waals surface area (Å²) in [6.45, 7) is 0.647. The first-order valence-electron chi connectivity index (χ1n) is 8.15. The zero-order valence-electron chi connectivity index (χ0n) is 13.0. The zero-order chi connectivity index (χ0) is 16.4. The molecule has 2 heterocycles. The van der Waals surface area contributed by atoms with Gasteiger partial charge in [-0.25, -0.2) is 4.68 Å². The number of hydrogen-bond acceptors (Lipinski definition) is 4. The number of hydrogen-bond donors (Lipinski definition) is 1. The molecule has 1 aromatic heterocycles. The van der Waals surface area contributed by atoms with E-state index in [0.717, 1.165) is 36.9 Å². The average molecular weight is 319 g/mol. The molecular weight excluding hydrogens is 298 g/mol. The molecule has 124 valence electrons. The van der Waals surface area contributed by atoms with E-state index in [4.69, 9.17) is 5.11 Å². The third-order valence-corrected chi connectivity index (χ3v) is 4.68. The van der Waals surface area contributed by atoms with Crippen LogP contribution in [0.15, 0.2) is 10.9 Å². The van der Waals surface area contributed by atoms with Crippen LogP contribution in [0.25, 0.3) is 0 Å². The predicted molar refractivity (Wildman–Crippen MR) is 82.1 cm³/mol. The van der Waals surface area contributed by atoms with E-state index in [1.807, 2.05) is 0 Å². The molecule has 3 rings (SSSR count). The highest BCUT2D eigenvalue weighted by Crippen LogP contribution is 2.18. The number of aryl methyl sites for hydroxylation is 2. The van der Waals surface area contributed by atoms with E-state index in [0.29, 0.717) is 19.4 Å². The molecule has 0 aromatic carbocycles. The number of amides is 1. The fourth-order valence-electron chi connectivity index (χ4n) is 3.35. The first kappa shape index (κ1) is 15.7. The van der Waals surface area contributed by atoms with Crippen molar-refractivity contribution in [1.29, 1.82) is 0 Å². The van der Waals surface area contributed by atoms with E-state index < -0.39 is 11.9 Å². The summed E-state index contributed by atoms with van der Waals surface area (Å²) in [5, 5.41) is 13.4. The van der Waals surface area contributed by atoms with Crippen molar-refractivity contribution >= 4 is 11.9 Å². The van der Waals surface area contributed by atoms with Crippen molar-refractivity contribution in [1.82, 2.24) is 14.7 Å². The molecule has 1 atom stereocenters. The molecule has 1 aromatic rings. The maximum atomic E-state index is 12.4. The number of rotatable bonds is 3. The zero-order valence-corrected chi connectivity index (χ0v) is 13.0. The number of nitrogens with zero attached hydrogens (tertiary/aromatic N) is 3. The first-order valence-corrected chi connectivity index (χ1v) is 8.15. The van der Waals surface area contributed by atoms with Gasteiger partial charge in [0.2, 0.25) is 5.91 Å². The summed E-state index contributed by atoms with van der Waals surface area (Å²) < 4.78 is 1.22. The van der Waals surface area contributed by atoms with Crippen molar-refractivity contribution in [2.75, 3.05) is 13.1 Å². The van der Waals surface area contributed by atoms with Gasteiger partial charge in [0.25, 0.3) is 5.56 Å². The molecular formula is C16H21N3O4. The van der Waals surface area contributed by atoms with Crippen LogP contribution in [0.4, 0.5) is 0 Å². The molecule has 7 heteroatoms. The van der Waals surface area contributed by atoms with E-state index in [1.165, 1.54) is 9.58 Å². The van der Waals surface area contributed by atoms with Crippen LogP contribution in [0.1, 0.15) is 36.9 Å². The Hall–Kier alpha value is -2.18. The summed E-state index contributed by atoms with van der Waals surface area (Å²) in [6, 6.07) is 1.59. The molecule has 0 radical (unpaired) electrons. The molecule has 0 spiro atoms. The van der Waals surface area contributed by atoms with Crippen LogP contribution in [-0.2, 0) is 29.0 Å². The van der Waals surface area contributed by atoms with Crippen LogP contribution in [-0.4, -0.2) is 44.8 Å². The summed E-state index contributed by atoms with van der Waals surface area (Å²) in [5.74, 6) is -1.62. The minimum atomic E-state index is -0.869. The van der Waals surface area contributed by atoms with Gasteiger partial charge in [0, 0.05) is 19.2 Å². The van der Waals surface area contributed by atoms with Crippen molar-refractivity contribution in [3.05, 3.63) is 27.7 Å². The summed E-state index contributed by atoms with van der Waals surface area (Å²) in [7, 11) is 0. The van der Waals surface area contributed by atoms with Gasteiger partial charge in [-0.2, -0.15) is 5.10 Å². The van der Waals surface area contributed by atoms with Gasteiger partial charge in [0.05, 0.1) is 11.6 Å². The quantitative estimate of drug-likeness (QED) is 0.873. The fourth-order valence-corrected chi connectivity index (χ4v) is 3.35. The molecule has 1 aliphatic heterocycles. The second kappa shape index (κ2) is 6.52. The smallest absolute Gasteiger partial charge is 0.308 e. The highest BCUT2D eigenvalue weighted by Gasteiger charge is 2.28. The number of carbonyl (C=O) groups excluding carboxylic acids is 1. The monoisotopic (exact) mass is 319 g/mol. The number of aromatic nitrogens is 2. The summed E-state index contributed by atoms with van der Waals surface area (Å²) in [6.07, 6.45) is 5.11. The number of carbonyl (C=O) groups is 2. The lowest BCUT2D eigenvalue weighted by Crippen LogP contribution is -2.45. The Morgan fingerprint density at radius 2 is 2.04 bits per heavy atom. The molecule has 1 aliphatic carbocycles. The van der Waals surface area contributed by atoms with E-state index in [9.17, 15) is 14.4 Å². The third kappa shape index (κ3) is 3.43. The molecule has 7 nitrogen and oxygen atoms in total. The number of aliphatic carboxylic acids is 1. The minimum absolute atomic E-state index is 0.113. The summed E-state index contributed by atoms with van der Waals surface area (Å²) >= 11 is 0. The van der Waals surface area contributed by atoms with Gasteiger partial charge >= 0.3 is 5.97 Å². The van der Waals surface area contributed by atoms with Gasteiger partial charge in [-0.15, -0.1) is 0 Å².